The number of aryl methyl sites for hydroxylation is 1. The molecule has 0 spiro atoms. The van der Waals surface area contributed by atoms with Crippen molar-refractivity contribution in [3.8, 4) is 11.5 Å². The zero-order chi connectivity index (χ0) is 16.7. The Morgan fingerprint density at radius 2 is 2.09 bits per heavy atom. The first-order valence-electron chi connectivity index (χ1n) is 7.29. The Morgan fingerprint density at radius 3 is 2.78 bits per heavy atom. The SMILES string of the molecule is C/C=C/c1ccc(OCC(=O)Nc2cccc(C)n2)c(OC)c1. The van der Waals surface area contributed by atoms with E-state index >= 15 is 0 Å². The number of pyridine rings is 1. The molecule has 0 aliphatic carbocycles. The lowest BCUT2D eigenvalue weighted by Crippen LogP contribution is -2.21. The second kappa shape index (κ2) is 7.98. The summed E-state index contributed by atoms with van der Waals surface area (Å²) in [6, 6.07) is 11.0. The number of hydrogen-bond acceptors (Lipinski definition) is 4. The number of carbonyl (C=O) groups is 1. The van der Waals surface area contributed by atoms with Gasteiger partial charge in [0, 0.05) is 5.69 Å². The van der Waals surface area contributed by atoms with Gasteiger partial charge in [-0.1, -0.05) is 24.3 Å². The number of nitrogens with zero attached hydrogens (tertiary/aromatic N) is 1. The van der Waals surface area contributed by atoms with E-state index in [2.05, 4.69) is 10.3 Å². The first-order chi connectivity index (χ1) is 11.1. The molecular weight excluding hydrogens is 292 g/mol. The summed E-state index contributed by atoms with van der Waals surface area (Å²) in [6.45, 7) is 3.69. The van der Waals surface area contributed by atoms with E-state index in [1.807, 2.05) is 50.3 Å². The molecule has 5 heteroatoms. The summed E-state index contributed by atoms with van der Waals surface area (Å²) in [5.41, 5.74) is 1.84. The standard InChI is InChI=1S/C18H20N2O3/c1-4-6-14-9-10-15(16(11-14)22-3)23-12-18(21)20-17-8-5-7-13(2)19-17/h4-11H,12H2,1-3H3,(H,19,20,21)/b6-4+. The first-order valence-corrected chi connectivity index (χ1v) is 7.29. The third-order valence-corrected chi connectivity index (χ3v) is 3.06. The van der Waals surface area contributed by atoms with E-state index in [1.54, 1.807) is 19.2 Å². The second-order valence-corrected chi connectivity index (χ2v) is 4.91. The lowest BCUT2D eigenvalue weighted by Gasteiger charge is -2.11. The van der Waals surface area contributed by atoms with Crippen molar-refractivity contribution in [3.05, 3.63) is 53.7 Å². The van der Waals surface area contributed by atoms with Crippen molar-refractivity contribution in [2.75, 3.05) is 19.0 Å². The van der Waals surface area contributed by atoms with Crippen LogP contribution in [0, 0.1) is 6.92 Å². The molecule has 1 aromatic carbocycles. The predicted molar refractivity (Wildman–Crippen MR) is 90.8 cm³/mol. The smallest absolute Gasteiger partial charge is 0.263 e. The van der Waals surface area contributed by atoms with Crippen molar-refractivity contribution >= 4 is 17.8 Å². The van der Waals surface area contributed by atoms with Gasteiger partial charge in [0.1, 0.15) is 5.82 Å². The molecular formula is C18H20N2O3. The molecule has 1 amide bonds. The van der Waals surface area contributed by atoms with E-state index < -0.39 is 0 Å². The number of hydrogen-bond donors (Lipinski definition) is 1. The zero-order valence-electron chi connectivity index (χ0n) is 13.5. The van der Waals surface area contributed by atoms with Gasteiger partial charge in [0.05, 0.1) is 7.11 Å². The van der Waals surface area contributed by atoms with Gasteiger partial charge in [-0.15, -0.1) is 0 Å². The highest BCUT2D eigenvalue weighted by atomic mass is 16.5. The van der Waals surface area contributed by atoms with Crippen LogP contribution in [-0.2, 0) is 4.79 Å². The molecule has 0 saturated heterocycles. The first kappa shape index (κ1) is 16.5. The molecule has 0 atom stereocenters. The topological polar surface area (TPSA) is 60.5 Å². The van der Waals surface area contributed by atoms with Crippen LogP contribution in [0.4, 0.5) is 5.82 Å². The van der Waals surface area contributed by atoms with E-state index in [4.69, 9.17) is 9.47 Å². The van der Waals surface area contributed by atoms with Crippen molar-refractivity contribution in [1.82, 2.24) is 4.98 Å². The van der Waals surface area contributed by atoms with Gasteiger partial charge in [0.25, 0.3) is 5.91 Å². The molecule has 0 aliphatic rings. The van der Waals surface area contributed by atoms with Crippen LogP contribution in [-0.4, -0.2) is 24.6 Å². The number of ether oxygens (including phenoxy) is 2. The van der Waals surface area contributed by atoms with Crippen LogP contribution in [0.2, 0.25) is 0 Å². The zero-order valence-corrected chi connectivity index (χ0v) is 13.5. The molecule has 1 N–H and O–H groups in total. The minimum atomic E-state index is -0.275. The predicted octanol–water partition coefficient (Wildman–Crippen LogP) is 3.45. The van der Waals surface area contributed by atoms with Gasteiger partial charge in [0.2, 0.25) is 0 Å². The molecule has 0 aliphatic heterocycles. The van der Waals surface area contributed by atoms with Gasteiger partial charge in [-0.2, -0.15) is 0 Å². The molecule has 2 rings (SSSR count). The molecule has 0 saturated carbocycles. The maximum Gasteiger partial charge on any atom is 0.263 e. The van der Waals surface area contributed by atoms with Crippen LogP contribution < -0.4 is 14.8 Å². The van der Waals surface area contributed by atoms with Crippen molar-refractivity contribution in [1.29, 1.82) is 0 Å². The average molecular weight is 312 g/mol. The van der Waals surface area contributed by atoms with Gasteiger partial charge in [-0.05, 0) is 43.7 Å². The van der Waals surface area contributed by atoms with Crippen molar-refractivity contribution in [2.45, 2.75) is 13.8 Å². The number of anilines is 1. The maximum atomic E-state index is 11.9. The summed E-state index contributed by atoms with van der Waals surface area (Å²) >= 11 is 0. The number of allylic oxidation sites excluding steroid dienone is 1. The summed E-state index contributed by atoms with van der Waals surface area (Å²) in [4.78, 5) is 16.2. The number of methoxy groups -OCH3 is 1. The molecule has 0 fully saturated rings. The van der Waals surface area contributed by atoms with E-state index in [-0.39, 0.29) is 12.5 Å². The van der Waals surface area contributed by atoms with Crippen LogP contribution in [0.1, 0.15) is 18.2 Å². The number of nitrogens with one attached hydrogen (secondary N) is 1. The Hall–Kier alpha value is -2.82. The van der Waals surface area contributed by atoms with Crippen molar-refractivity contribution in [3.63, 3.8) is 0 Å². The summed E-state index contributed by atoms with van der Waals surface area (Å²) in [5, 5.41) is 2.70. The Labute approximate surface area is 136 Å². The Bertz CT molecular complexity index is 711. The Kier molecular flexibility index (Phi) is 5.74. The second-order valence-electron chi connectivity index (χ2n) is 4.91. The summed E-state index contributed by atoms with van der Waals surface area (Å²) < 4.78 is 10.8. The largest absolute Gasteiger partial charge is 0.493 e. The molecule has 1 aromatic heterocycles. The molecule has 1 heterocycles. The maximum absolute atomic E-state index is 11.9. The van der Waals surface area contributed by atoms with E-state index in [0.29, 0.717) is 17.3 Å². The number of aromatic nitrogens is 1. The Morgan fingerprint density at radius 1 is 1.26 bits per heavy atom. The molecule has 0 unspecified atom stereocenters. The number of amides is 1. The minimum Gasteiger partial charge on any atom is -0.493 e. The van der Waals surface area contributed by atoms with Crippen LogP contribution in [0.3, 0.4) is 0 Å². The van der Waals surface area contributed by atoms with Gasteiger partial charge in [-0.25, -0.2) is 4.98 Å². The van der Waals surface area contributed by atoms with Gasteiger partial charge in [-0.3, -0.25) is 4.79 Å². The van der Waals surface area contributed by atoms with Crippen molar-refractivity contribution < 1.29 is 14.3 Å². The fourth-order valence-electron chi connectivity index (χ4n) is 2.03. The monoisotopic (exact) mass is 312 g/mol. The van der Waals surface area contributed by atoms with Crippen molar-refractivity contribution in [2.24, 2.45) is 0 Å². The van der Waals surface area contributed by atoms with E-state index in [1.165, 1.54) is 0 Å². The van der Waals surface area contributed by atoms with E-state index in [0.717, 1.165) is 11.3 Å². The number of rotatable bonds is 6. The normalized spacial score (nSPS) is 10.6. The van der Waals surface area contributed by atoms with Crippen LogP contribution in [0.15, 0.2) is 42.5 Å². The minimum absolute atomic E-state index is 0.116. The lowest BCUT2D eigenvalue weighted by atomic mass is 10.2. The highest BCUT2D eigenvalue weighted by Gasteiger charge is 2.09. The lowest BCUT2D eigenvalue weighted by molar-refractivity contribution is -0.118. The highest BCUT2D eigenvalue weighted by molar-refractivity contribution is 5.91. The molecule has 0 bridgehead atoms. The summed E-state index contributed by atoms with van der Waals surface area (Å²) in [7, 11) is 1.57. The fraction of sp³-hybridized carbons (Fsp3) is 0.222. The average Bonchev–Trinajstić information content (AvgIpc) is 2.54. The fourth-order valence-corrected chi connectivity index (χ4v) is 2.03. The number of carbonyl (C=O) groups excluding carboxylic acids is 1. The van der Waals surface area contributed by atoms with E-state index in [9.17, 15) is 4.79 Å². The third kappa shape index (κ3) is 4.85. The van der Waals surface area contributed by atoms with Gasteiger partial charge < -0.3 is 14.8 Å². The third-order valence-electron chi connectivity index (χ3n) is 3.06. The van der Waals surface area contributed by atoms with Crippen LogP contribution in [0.25, 0.3) is 6.08 Å². The van der Waals surface area contributed by atoms with Gasteiger partial charge in [0.15, 0.2) is 18.1 Å². The number of benzene rings is 1. The molecule has 120 valence electrons. The molecule has 0 radical (unpaired) electrons. The summed E-state index contributed by atoms with van der Waals surface area (Å²) in [5.74, 6) is 1.34. The highest BCUT2D eigenvalue weighted by Crippen LogP contribution is 2.28. The van der Waals surface area contributed by atoms with Gasteiger partial charge >= 0.3 is 0 Å². The summed E-state index contributed by atoms with van der Waals surface area (Å²) in [6.07, 6.45) is 3.90. The molecule has 5 nitrogen and oxygen atoms in total. The van der Waals surface area contributed by atoms with Crippen LogP contribution in [0.5, 0.6) is 11.5 Å². The Balaban J connectivity index is 1.98. The quantitative estimate of drug-likeness (QED) is 0.887. The van der Waals surface area contributed by atoms with Crippen LogP contribution >= 0.6 is 0 Å². The molecule has 23 heavy (non-hydrogen) atoms. The molecule has 2 aromatic rings.